The zero-order valence-corrected chi connectivity index (χ0v) is 15.4. The summed E-state index contributed by atoms with van der Waals surface area (Å²) in [6.07, 6.45) is 0.649. The van der Waals surface area contributed by atoms with Crippen LogP contribution in [0.25, 0.3) is 0 Å². The normalized spacial score (nSPS) is 14.7. The Hall–Kier alpha value is -1.07. The number of carbonyl (C=O) groups excluding carboxylic acids is 1. The summed E-state index contributed by atoms with van der Waals surface area (Å²) in [5.74, 6) is 0.563. The van der Waals surface area contributed by atoms with Crippen LogP contribution in [-0.4, -0.2) is 24.3 Å². The van der Waals surface area contributed by atoms with Gasteiger partial charge < -0.3 is 15.4 Å². The monoisotopic (exact) mass is 326 g/mol. The Bertz CT molecular complexity index is 438. The van der Waals surface area contributed by atoms with Crippen molar-refractivity contribution in [2.45, 2.75) is 65.6 Å². The van der Waals surface area contributed by atoms with Crippen molar-refractivity contribution in [2.24, 2.45) is 5.92 Å². The Morgan fingerprint density at radius 2 is 2.00 bits per heavy atom. The quantitative estimate of drug-likeness (QED) is 0.784. The van der Waals surface area contributed by atoms with Gasteiger partial charge in [-0.05, 0) is 62.4 Å². The zero-order valence-electron chi connectivity index (χ0n) is 14.6. The maximum Gasteiger partial charge on any atom is 0.407 e. The molecule has 22 heavy (non-hydrogen) atoms. The van der Waals surface area contributed by atoms with Crippen molar-refractivity contribution >= 4 is 17.4 Å². The Balaban J connectivity index is 2.52. The molecule has 0 spiro atoms. The molecule has 1 heterocycles. The standard InChI is InChI=1S/C17H30N2O2S/c1-12(2)9-15(10-18-16(20)21-17(4,5)6)19-13(3)14-7-8-22-11-14/h7-8,11-13,15,19H,9-10H2,1-6H3,(H,18,20). The highest BCUT2D eigenvalue weighted by atomic mass is 32.1. The van der Waals surface area contributed by atoms with E-state index in [1.54, 1.807) is 11.3 Å². The molecular formula is C17H30N2O2S. The van der Waals surface area contributed by atoms with Crippen LogP contribution in [0, 0.1) is 5.92 Å². The summed E-state index contributed by atoms with van der Waals surface area (Å²) in [4.78, 5) is 11.8. The van der Waals surface area contributed by atoms with Crippen molar-refractivity contribution in [1.29, 1.82) is 0 Å². The zero-order chi connectivity index (χ0) is 16.8. The van der Waals surface area contributed by atoms with Crippen LogP contribution in [0.15, 0.2) is 16.8 Å². The van der Waals surface area contributed by atoms with Crippen LogP contribution >= 0.6 is 11.3 Å². The van der Waals surface area contributed by atoms with Gasteiger partial charge in [-0.1, -0.05) is 13.8 Å². The van der Waals surface area contributed by atoms with E-state index >= 15 is 0 Å². The Kier molecular flexibility index (Phi) is 7.36. The molecular weight excluding hydrogens is 296 g/mol. The van der Waals surface area contributed by atoms with E-state index in [4.69, 9.17) is 4.74 Å². The van der Waals surface area contributed by atoms with E-state index in [0.29, 0.717) is 12.5 Å². The molecule has 2 unspecified atom stereocenters. The molecule has 5 heteroatoms. The van der Waals surface area contributed by atoms with Crippen molar-refractivity contribution in [3.05, 3.63) is 22.4 Å². The van der Waals surface area contributed by atoms with Gasteiger partial charge in [-0.15, -0.1) is 0 Å². The van der Waals surface area contributed by atoms with Crippen molar-refractivity contribution in [1.82, 2.24) is 10.6 Å². The number of hydrogen-bond acceptors (Lipinski definition) is 4. The molecule has 1 amide bonds. The van der Waals surface area contributed by atoms with Crippen LogP contribution in [0.5, 0.6) is 0 Å². The van der Waals surface area contributed by atoms with Gasteiger partial charge in [-0.2, -0.15) is 11.3 Å². The van der Waals surface area contributed by atoms with Crippen LogP contribution in [0.1, 0.15) is 59.6 Å². The second-order valence-corrected chi connectivity index (χ2v) is 7.93. The average molecular weight is 327 g/mol. The minimum absolute atomic E-state index is 0.224. The molecule has 1 aromatic heterocycles. The predicted molar refractivity (Wildman–Crippen MR) is 93.3 cm³/mol. The number of alkyl carbamates (subject to hydrolysis) is 1. The average Bonchev–Trinajstić information content (AvgIpc) is 2.86. The summed E-state index contributed by atoms with van der Waals surface area (Å²) in [7, 11) is 0. The fourth-order valence-corrected chi connectivity index (χ4v) is 3.03. The summed E-state index contributed by atoms with van der Waals surface area (Å²) in [5.41, 5.74) is 0.825. The van der Waals surface area contributed by atoms with Gasteiger partial charge >= 0.3 is 6.09 Å². The summed E-state index contributed by atoms with van der Waals surface area (Å²) in [6, 6.07) is 2.63. The van der Waals surface area contributed by atoms with Gasteiger partial charge in [0.05, 0.1) is 0 Å². The molecule has 4 nitrogen and oxygen atoms in total. The first-order valence-corrected chi connectivity index (χ1v) is 8.86. The molecule has 2 N–H and O–H groups in total. The minimum Gasteiger partial charge on any atom is -0.444 e. The highest BCUT2D eigenvalue weighted by molar-refractivity contribution is 7.07. The van der Waals surface area contributed by atoms with Crippen molar-refractivity contribution in [3.63, 3.8) is 0 Å². The minimum atomic E-state index is -0.463. The van der Waals surface area contributed by atoms with Crippen LogP contribution in [0.2, 0.25) is 0 Å². The van der Waals surface area contributed by atoms with Crippen LogP contribution in [-0.2, 0) is 4.74 Å². The van der Waals surface area contributed by atoms with E-state index in [0.717, 1.165) is 6.42 Å². The molecule has 0 saturated heterocycles. The maximum absolute atomic E-state index is 11.8. The Labute approximate surface area is 138 Å². The maximum atomic E-state index is 11.8. The summed E-state index contributed by atoms with van der Waals surface area (Å²) in [5, 5.41) is 10.7. The van der Waals surface area contributed by atoms with E-state index in [2.05, 4.69) is 48.2 Å². The number of nitrogens with one attached hydrogen (secondary N) is 2. The molecule has 0 fully saturated rings. The predicted octanol–water partition coefficient (Wildman–Crippen LogP) is 4.34. The fraction of sp³-hybridized carbons (Fsp3) is 0.706. The van der Waals surface area contributed by atoms with Gasteiger partial charge in [0.1, 0.15) is 5.60 Å². The number of amides is 1. The van der Waals surface area contributed by atoms with E-state index < -0.39 is 5.60 Å². The highest BCUT2D eigenvalue weighted by Crippen LogP contribution is 2.17. The molecule has 0 aliphatic rings. The first kappa shape index (κ1) is 19.0. The summed E-state index contributed by atoms with van der Waals surface area (Å²) in [6.45, 7) is 12.7. The number of rotatable bonds is 7. The van der Waals surface area contributed by atoms with E-state index in [1.807, 2.05) is 20.8 Å². The third-order valence-corrected chi connectivity index (χ3v) is 3.88. The number of carbonyl (C=O) groups is 1. The number of thiophene rings is 1. The molecule has 0 radical (unpaired) electrons. The van der Waals surface area contributed by atoms with Crippen LogP contribution in [0.4, 0.5) is 4.79 Å². The van der Waals surface area contributed by atoms with Gasteiger partial charge in [-0.25, -0.2) is 4.79 Å². The van der Waals surface area contributed by atoms with Crippen molar-refractivity contribution in [3.8, 4) is 0 Å². The molecule has 1 rings (SSSR count). The lowest BCUT2D eigenvalue weighted by atomic mass is 10.0. The van der Waals surface area contributed by atoms with E-state index in [9.17, 15) is 4.79 Å². The van der Waals surface area contributed by atoms with E-state index in [-0.39, 0.29) is 18.2 Å². The van der Waals surface area contributed by atoms with Gasteiger partial charge in [0, 0.05) is 18.6 Å². The Morgan fingerprint density at radius 1 is 1.32 bits per heavy atom. The summed E-state index contributed by atoms with van der Waals surface area (Å²) >= 11 is 1.70. The van der Waals surface area contributed by atoms with E-state index in [1.165, 1.54) is 5.56 Å². The van der Waals surface area contributed by atoms with Gasteiger partial charge in [0.2, 0.25) is 0 Å². The SMILES string of the molecule is CC(C)CC(CNC(=O)OC(C)(C)C)NC(C)c1ccsc1. The summed E-state index contributed by atoms with van der Waals surface area (Å²) < 4.78 is 5.29. The van der Waals surface area contributed by atoms with Gasteiger partial charge in [-0.3, -0.25) is 0 Å². The molecule has 126 valence electrons. The molecule has 0 aliphatic heterocycles. The second-order valence-electron chi connectivity index (χ2n) is 7.15. The molecule has 0 aromatic carbocycles. The van der Waals surface area contributed by atoms with Crippen molar-refractivity contribution < 1.29 is 9.53 Å². The molecule has 0 saturated carbocycles. The first-order valence-electron chi connectivity index (χ1n) is 7.92. The largest absolute Gasteiger partial charge is 0.444 e. The van der Waals surface area contributed by atoms with Gasteiger partial charge in [0.15, 0.2) is 0 Å². The van der Waals surface area contributed by atoms with Gasteiger partial charge in [0.25, 0.3) is 0 Å². The lowest BCUT2D eigenvalue weighted by Crippen LogP contribution is -2.44. The lowest BCUT2D eigenvalue weighted by molar-refractivity contribution is 0.0520. The third-order valence-electron chi connectivity index (χ3n) is 3.18. The van der Waals surface area contributed by atoms with Crippen molar-refractivity contribution in [2.75, 3.05) is 6.54 Å². The molecule has 1 aromatic rings. The lowest BCUT2D eigenvalue weighted by Gasteiger charge is -2.26. The number of hydrogen-bond donors (Lipinski definition) is 2. The second kappa shape index (κ2) is 8.53. The van der Waals surface area contributed by atoms with Crippen LogP contribution in [0.3, 0.4) is 0 Å². The molecule has 0 bridgehead atoms. The Morgan fingerprint density at radius 3 is 2.50 bits per heavy atom. The molecule has 2 atom stereocenters. The molecule has 0 aliphatic carbocycles. The topological polar surface area (TPSA) is 50.4 Å². The smallest absolute Gasteiger partial charge is 0.407 e. The highest BCUT2D eigenvalue weighted by Gasteiger charge is 2.19. The fourth-order valence-electron chi connectivity index (χ4n) is 2.27. The van der Waals surface area contributed by atoms with Crippen LogP contribution < -0.4 is 10.6 Å². The number of ether oxygens (including phenoxy) is 1. The first-order chi connectivity index (χ1) is 10.2. The third kappa shape index (κ3) is 7.80.